The topological polar surface area (TPSA) is 56.7 Å². The largest absolute Gasteiger partial charge is 0.396 e. The third-order valence-corrected chi connectivity index (χ3v) is 3.63. The summed E-state index contributed by atoms with van der Waals surface area (Å²) in [6.45, 7) is 0. The molecule has 6 heteroatoms. The van der Waals surface area contributed by atoms with Gasteiger partial charge in [0.05, 0.1) is 10.6 Å². The van der Waals surface area contributed by atoms with Gasteiger partial charge in [0, 0.05) is 12.6 Å². The lowest BCUT2D eigenvalue weighted by Gasteiger charge is -2.01. The highest BCUT2D eigenvalue weighted by Gasteiger charge is 2.12. The Morgan fingerprint density at radius 2 is 2.16 bits per heavy atom. The minimum Gasteiger partial charge on any atom is -0.396 e. The van der Waals surface area contributed by atoms with Crippen LogP contribution >= 0.6 is 11.3 Å². The average molecular weight is 274 g/mol. The molecule has 2 N–H and O–H groups in total. The molecule has 0 bridgehead atoms. The second kappa shape index (κ2) is 4.47. The molecule has 0 radical (unpaired) electrons. The Morgan fingerprint density at radius 3 is 2.84 bits per heavy atom. The SMILES string of the molecule is Cn1nc(-c2cccs2)nc1-c1ccc(N)c(F)c1. The lowest BCUT2D eigenvalue weighted by Crippen LogP contribution is -1.96. The van der Waals surface area contributed by atoms with Crippen LogP contribution in [0.15, 0.2) is 35.7 Å². The van der Waals surface area contributed by atoms with Crippen molar-refractivity contribution >= 4 is 17.0 Å². The van der Waals surface area contributed by atoms with Crippen molar-refractivity contribution in [3.63, 3.8) is 0 Å². The highest BCUT2D eigenvalue weighted by Crippen LogP contribution is 2.26. The molecule has 1 aromatic carbocycles. The molecular formula is C13H11FN4S. The lowest BCUT2D eigenvalue weighted by atomic mass is 10.2. The summed E-state index contributed by atoms with van der Waals surface area (Å²) in [7, 11) is 1.79. The maximum atomic E-state index is 13.5. The Morgan fingerprint density at radius 1 is 1.32 bits per heavy atom. The summed E-state index contributed by atoms with van der Waals surface area (Å²) in [4.78, 5) is 5.43. The van der Waals surface area contributed by atoms with Crippen LogP contribution < -0.4 is 5.73 Å². The first kappa shape index (κ1) is 11.9. The molecule has 96 valence electrons. The van der Waals surface area contributed by atoms with Crippen molar-refractivity contribution in [2.75, 3.05) is 5.73 Å². The zero-order valence-corrected chi connectivity index (χ0v) is 11.0. The monoisotopic (exact) mass is 274 g/mol. The Balaban J connectivity index is 2.08. The summed E-state index contributed by atoms with van der Waals surface area (Å²) in [5.74, 6) is 0.810. The molecule has 3 aromatic rings. The quantitative estimate of drug-likeness (QED) is 0.731. The van der Waals surface area contributed by atoms with Crippen LogP contribution in [0.1, 0.15) is 0 Å². The molecule has 0 aliphatic heterocycles. The maximum absolute atomic E-state index is 13.5. The van der Waals surface area contributed by atoms with Gasteiger partial charge in [-0.3, -0.25) is 0 Å². The van der Waals surface area contributed by atoms with E-state index >= 15 is 0 Å². The molecule has 19 heavy (non-hydrogen) atoms. The van der Waals surface area contributed by atoms with Crippen LogP contribution in [0.25, 0.3) is 22.1 Å². The Kier molecular flexibility index (Phi) is 2.79. The van der Waals surface area contributed by atoms with Crippen LogP contribution in [0, 0.1) is 5.82 Å². The van der Waals surface area contributed by atoms with Gasteiger partial charge in [-0.1, -0.05) is 6.07 Å². The minimum absolute atomic E-state index is 0.129. The molecule has 0 saturated carbocycles. The van der Waals surface area contributed by atoms with E-state index in [1.54, 1.807) is 29.1 Å². The first-order valence-electron chi connectivity index (χ1n) is 5.65. The van der Waals surface area contributed by atoms with Gasteiger partial charge in [0.15, 0.2) is 11.6 Å². The number of aromatic nitrogens is 3. The number of nitrogens with two attached hydrogens (primary N) is 1. The number of aryl methyl sites for hydroxylation is 1. The third-order valence-electron chi connectivity index (χ3n) is 2.76. The van der Waals surface area contributed by atoms with Gasteiger partial charge in [-0.2, -0.15) is 0 Å². The Labute approximate surface area is 113 Å². The van der Waals surface area contributed by atoms with Crippen LogP contribution in [0.2, 0.25) is 0 Å². The molecule has 0 aliphatic carbocycles. The maximum Gasteiger partial charge on any atom is 0.191 e. The standard InChI is InChI=1S/C13H11FN4S/c1-18-13(8-4-5-10(15)9(14)7-8)16-12(17-18)11-3-2-6-19-11/h2-7H,15H2,1H3. The van der Waals surface area contributed by atoms with Crippen molar-refractivity contribution in [3.8, 4) is 22.1 Å². The zero-order chi connectivity index (χ0) is 13.4. The predicted molar refractivity (Wildman–Crippen MR) is 74.1 cm³/mol. The molecule has 2 heterocycles. The second-order valence-corrected chi connectivity index (χ2v) is 5.04. The highest BCUT2D eigenvalue weighted by molar-refractivity contribution is 7.13. The molecule has 0 saturated heterocycles. The average Bonchev–Trinajstić information content (AvgIpc) is 3.01. The summed E-state index contributed by atoms with van der Waals surface area (Å²) in [5, 5.41) is 6.31. The van der Waals surface area contributed by atoms with Crippen LogP contribution in [-0.2, 0) is 7.05 Å². The normalized spacial score (nSPS) is 10.8. The molecule has 4 nitrogen and oxygen atoms in total. The molecule has 2 aromatic heterocycles. The number of rotatable bonds is 2. The molecule has 0 fully saturated rings. The zero-order valence-electron chi connectivity index (χ0n) is 10.2. The van der Waals surface area contributed by atoms with E-state index in [9.17, 15) is 4.39 Å². The number of halogens is 1. The van der Waals surface area contributed by atoms with Crippen molar-refractivity contribution in [1.82, 2.24) is 14.8 Å². The number of hydrogen-bond acceptors (Lipinski definition) is 4. The smallest absolute Gasteiger partial charge is 0.191 e. The molecule has 0 spiro atoms. The van der Waals surface area contributed by atoms with Gasteiger partial charge in [-0.15, -0.1) is 16.4 Å². The molecular weight excluding hydrogens is 263 g/mol. The van der Waals surface area contributed by atoms with E-state index in [0.29, 0.717) is 17.2 Å². The van der Waals surface area contributed by atoms with Gasteiger partial charge in [-0.25, -0.2) is 14.1 Å². The molecule has 0 aliphatic rings. The summed E-state index contributed by atoms with van der Waals surface area (Å²) in [5.41, 5.74) is 6.26. The van der Waals surface area contributed by atoms with Crippen molar-refractivity contribution in [1.29, 1.82) is 0 Å². The minimum atomic E-state index is -0.446. The van der Waals surface area contributed by atoms with Crippen LogP contribution in [0.4, 0.5) is 10.1 Å². The first-order valence-corrected chi connectivity index (χ1v) is 6.53. The summed E-state index contributed by atoms with van der Waals surface area (Å²) >= 11 is 1.57. The fraction of sp³-hybridized carbons (Fsp3) is 0.0769. The van der Waals surface area contributed by atoms with Crippen LogP contribution in [0.5, 0.6) is 0 Å². The number of anilines is 1. The van der Waals surface area contributed by atoms with E-state index in [1.165, 1.54) is 12.1 Å². The first-order chi connectivity index (χ1) is 9.15. The number of benzene rings is 1. The second-order valence-electron chi connectivity index (χ2n) is 4.10. The molecule has 0 unspecified atom stereocenters. The molecule has 0 amide bonds. The molecule has 3 rings (SSSR count). The van der Waals surface area contributed by atoms with Crippen molar-refractivity contribution in [2.24, 2.45) is 7.05 Å². The van der Waals surface area contributed by atoms with E-state index in [4.69, 9.17) is 5.73 Å². The number of hydrogen-bond donors (Lipinski definition) is 1. The fourth-order valence-corrected chi connectivity index (χ4v) is 2.47. The third kappa shape index (κ3) is 2.10. The van der Waals surface area contributed by atoms with Gasteiger partial charge in [0.1, 0.15) is 5.82 Å². The van der Waals surface area contributed by atoms with E-state index in [-0.39, 0.29) is 5.69 Å². The number of nitrogens with zero attached hydrogens (tertiary/aromatic N) is 3. The lowest BCUT2D eigenvalue weighted by molar-refractivity contribution is 0.632. The number of thiophene rings is 1. The fourth-order valence-electron chi connectivity index (χ4n) is 1.81. The van der Waals surface area contributed by atoms with Crippen molar-refractivity contribution in [3.05, 3.63) is 41.5 Å². The summed E-state index contributed by atoms with van der Waals surface area (Å²) in [6.07, 6.45) is 0. The predicted octanol–water partition coefficient (Wildman–Crippen LogP) is 2.93. The van der Waals surface area contributed by atoms with Crippen LogP contribution in [-0.4, -0.2) is 14.8 Å². The van der Waals surface area contributed by atoms with E-state index in [1.807, 2.05) is 17.5 Å². The van der Waals surface area contributed by atoms with Gasteiger partial charge in [0.2, 0.25) is 0 Å². The van der Waals surface area contributed by atoms with E-state index in [2.05, 4.69) is 10.1 Å². The Hall–Kier alpha value is -2.21. The van der Waals surface area contributed by atoms with Crippen molar-refractivity contribution in [2.45, 2.75) is 0 Å². The summed E-state index contributed by atoms with van der Waals surface area (Å²) < 4.78 is 15.1. The molecule has 0 atom stereocenters. The Bertz CT molecular complexity index is 718. The van der Waals surface area contributed by atoms with Gasteiger partial charge in [0.25, 0.3) is 0 Å². The van der Waals surface area contributed by atoms with Gasteiger partial charge < -0.3 is 5.73 Å². The van der Waals surface area contributed by atoms with E-state index in [0.717, 1.165) is 4.88 Å². The van der Waals surface area contributed by atoms with Gasteiger partial charge in [-0.05, 0) is 29.6 Å². The number of nitrogen functional groups attached to an aromatic ring is 1. The summed E-state index contributed by atoms with van der Waals surface area (Å²) in [6, 6.07) is 8.54. The van der Waals surface area contributed by atoms with Gasteiger partial charge >= 0.3 is 0 Å². The van der Waals surface area contributed by atoms with Crippen LogP contribution in [0.3, 0.4) is 0 Å². The van der Waals surface area contributed by atoms with E-state index < -0.39 is 5.82 Å². The van der Waals surface area contributed by atoms with Crippen molar-refractivity contribution < 1.29 is 4.39 Å². The highest BCUT2D eigenvalue weighted by atomic mass is 32.1.